The molecule has 1 fully saturated rings. The van der Waals surface area contributed by atoms with Crippen molar-refractivity contribution in [2.45, 2.75) is 18.9 Å². The number of aromatic nitrogens is 4. The summed E-state index contributed by atoms with van der Waals surface area (Å²) < 4.78 is 5.66. The largest absolute Gasteiger partial charge is 0.479 e. The van der Waals surface area contributed by atoms with Crippen molar-refractivity contribution in [1.29, 1.82) is 0 Å². The van der Waals surface area contributed by atoms with Crippen LogP contribution in [0.3, 0.4) is 0 Å². The van der Waals surface area contributed by atoms with Gasteiger partial charge in [0.1, 0.15) is 23.0 Å². The van der Waals surface area contributed by atoms with Gasteiger partial charge in [-0.05, 0) is 69.8 Å². The van der Waals surface area contributed by atoms with E-state index in [-0.39, 0.29) is 7.92 Å². The summed E-state index contributed by atoms with van der Waals surface area (Å²) in [6.07, 6.45) is 4.12. The average Bonchev–Trinajstić information content (AvgIpc) is 3.38. The minimum absolute atomic E-state index is 0.274. The van der Waals surface area contributed by atoms with Gasteiger partial charge in [-0.15, -0.1) is 0 Å². The van der Waals surface area contributed by atoms with Crippen molar-refractivity contribution in [3.8, 4) is 5.88 Å². The third kappa shape index (κ3) is 5.48. The van der Waals surface area contributed by atoms with Crippen LogP contribution in [0.5, 0.6) is 5.88 Å². The number of methoxy groups -OCH3 is 1. The molecule has 1 aliphatic rings. The second kappa shape index (κ2) is 10.9. The smallest absolute Gasteiger partial charge is 0.239 e. The van der Waals surface area contributed by atoms with E-state index in [2.05, 4.69) is 71.0 Å². The van der Waals surface area contributed by atoms with Gasteiger partial charge >= 0.3 is 0 Å². The van der Waals surface area contributed by atoms with Gasteiger partial charge in [0.15, 0.2) is 0 Å². The molecule has 1 aromatic carbocycles. The molecule has 0 spiro atoms. The van der Waals surface area contributed by atoms with Crippen LogP contribution in [-0.2, 0) is 0 Å². The Morgan fingerprint density at radius 1 is 0.973 bits per heavy atom. The number of H-pyrrole nitrogens is 1. The highest BCUT2D eigenvalue weighted by atomic mass is 31.1. The predicted molar refractivity (Wildman–Crippen MR) is 155 cm³/mol. The first kappa shape index (κ1) is 25.2. The second-order valence-corrected chi connectivity index (χ2v) is 12.0. The molecule has 4 aromatic rings. The van der Waals surface area contributed by atoms with Crippen LogP contribution in [-0.4, -0.2) is 78.5 Å². The van der Waals surface area contributed by atoms with Gasteiger partial charge in [0.05, 0.1) is 12.5 Å². The number of hydrogen-bond acceptors (Lipinski definition) is 8. The molecule has 1 aliphatic heterocycles. The van der Waals surface area contributed by atoms with Crippen LogP contribution in [0.25, 0.3) is 11.0 Å². The normalized spacial score (nSPS) is 14.5. The molecular formula is C27H35N8OP. The van der Waals surface area contributed by atoms with Crippen molar-refractivity contribution in [2.75, 3.05) is 63.2 Å². The first-order chi connectivity index (χ1) is 17.9. The molecule has 9 nitrogen and oxygen atoms in total. The molecular weight excluding hydrogens is 483 g/mol. The minimum atomic E-state index is -0.274. The van der Waals surface area contributed by atoms with Gasteiger partial charge in [-0.2, -0.15) is 15.0 Å². The molecule has 37 heavy (non-hydrogen) atoms. The van der Waals surface area contributed by atoms with Crippen molar-refractivity contribution < 1.29 is 4.74 Å². The molecule has 0 saturated carbocycles. The number of fused-ring (bicyclic) bond motifs is 1. The maximum absolute atomic E-state index is 5.66. The van der Waals surface area contributed by atoms with E-state index in [1.165, 1.54) is 5.30 Å². The van der Waals surface area contributed by atoms with E-state index in [9.17, 15) is 0 Å². The van der Waals surface area contributed by atoms with Gasteiger partial charge in [0, 0.05) is 31.0 Å². The Morgan fingerprint density at radius 2 is 1.76 bits per heavy atom. The van der Waals surface area contributed by atoms with E-state index in [0.717, 1.165) is 60.0 Å². The molecule has 5 rings (SSSR count). The van der Waals surface area contributed by atoms with Gasteiger partial charge in [-0.3, -0.25) is 0 Å². The Bertz CT molecular complexity index is 1360. The summed E-state index contributed by atoms with van der Waals surface area (Å²) in [6, 6.07) is 15.0. The molecule has 4 heterocycles. The fourth-order valence-electron chi connectivity index (χ4n) is 4.78. The number of pyridine rings is 1. The van der Waals surface area contributed by atoms with Gasteiger partial charge in [-0.25, -0.2) is 0 Å². The number of rotatable bonds is 8. The molecule has 1 saturated heterocycles. The number of aromatic amines is 1. The number of nitrogens with zero attached hydrogens (tertiary/aromatic N) is 5. The SMILES string of the molecule is COc1nc(N2CCC(N(C)C)CC2)ccc1Nc1nc(Nc2ccccc2P(C)C)c2cc[nH]c2n1. The predicted octanol–water partition coefficient (Wildman–Crippen LogP) is 4.75. The van der Waals surface area contributed by atoms with Gasteiger partial charge in [0.2, 0.25) is 11.8 Å². The molecule has 0 unspecified atom stereocenters. The summed E-state index contributed by atoms with van der Waals surface area (Å²) in [5, 5.41) is 9.11. The standard InChI is InChI=1S/C27H35N8OP/c1-34(2)18-13-16-35(17-14-18)23-11-10-21(26(31-23)36-3)30-27-32-24-19(12-15-28-24)25(33-27)29-20-8-6-7-9-22(20)37(4)5/h6-12,15,18H,13-14,16-17H2,1-5H3,(H3,28,29,30,32,33). The van der Waals surface area contributed by atoms with Crippen molar-refractivity contribution >= 4 is 53.2 Å². The fourth-order valence-corrected chi connectivity index (χ4v) is 5.78. The number of piperidine rings is 1. The molecule has 0 radical (unpaired) electrons. The highest BCUT2D eigenvalue weighted by molar-refractivity contribution is 7.64. The van der Waals surface area contributed by atoms with Crippen molar-refractivity contribution in [1.82, 2.24) is 24.8 Å². The fraction of sp³-hybridized carbons (Fsp3) is 0.370. The Balaban J connectivity index is 1.40. The highest BCUT2D eigenvalue weighted by Gasteiger charge is 2.22. The lowest BCUT2D eigenvalue weighted by atomic mass is 10.0. The Hall–Kier alpha value is -3.42. The summed E-state index contributed by atoms with van der Waals surface area (Å²) >= 11 is 0. The van der Waals surface area contributed by atoms with E-state index < -0.39 is 0 Å². The van der Waals surface area contributed by atoms with Crippen LogP contribution in [0.1, 0.15) is 12.8 Å². The summed E-state index contributed by atoms with van der Waals surface area (Å²) in [7, 11) is 5.67. The second-order valence-electron chi connectivity index (χ2n) is 9.71. The summed E-state index contributed by atoms with van der Waals surface area (Å²) in [5.74, 6) is 2.65. The van der Waals surface area contributed by atoms with Crippen LogP contribution in [0.2, 0.25) is 0 Å². The van der Waals surface area contributed by atoms with Crippen LogP contribution < -0.4 is 25.6 Å². The molecule has 0 bridgehead atoms. The molecule has 10 heteroatoms. The van der Waals surface area contributed by atoms with Crippen LogP contribution in [0.4, 0.5) is 29.0 Å². The Labute approximate surface area is 219 Å². The minimum Gasteiger partial charge on any atom is -0.479 e. The molecule has 194 valence electrons. The van der Waals surface area contributed by atoms with Gasteiger partial charge < -0.3 is 30.2 Å². The number of benzene rings is 1. The highest BCUT2D eigenvalue weighted by Crippen LogP contribution is 2.33. The lowest BCUT2D eigenvalue weighted by Gasteiger charge is -2.36. The first-order valence-electron chi connectivity index (χ1n) is 12.5. The molecule has 0 amide bonds. The lowest BCUT2D eigenvalue weighted by Crippen LogP contribution is -2.42. The number of nitrogens with one attached hydrogen (secondary N) is 3. The Morgan fingerprint density at radius 3 is 2.49 bits per heavy atom. The molecule has 0 atom stereocenters. The molecule has 3 N–H and O–H groups in total. The lowest BCUT2D eigenvalue weighted by molar-refractivity contribution is 0.249. The van der Waals surface area contributed by atoms with Crippen LogP contribution >= 0.6 is 7.92 Å². The topological polar surface area (TPSA) is 94.2 Å². The summed E-state index contributed by atoms with van der Waals surface area (Å²) in [4.78, 5) is 22.2. The zero-order valence-electron chi connectivity index (χ0n) is 22.1. The van der Waals surface area contributed by atoms with E-state index >= 15 is 0 Å². The average molecular weight is 519 g/mol. The van der Waals surface area contributed by atoms with E-state index in [1.807, 2.05) is 30.5 Å². The number of ether oxygens (including phenoxy) is 1. The third-order valence-corrected chi connectivity index (χ3v) is 8.21. The number of hydrogen-bond donors (Lipinski definition) is 3. The Kier molecular flexibility index (Phi) is 7.44. The van der Waals surface area contributed by atoms with Crippen LogP contribution in [0, 0.1) is 0 Å². The van der Waals surface area contributed by atoms with Crippen LogP contribution in [0.15, 0.2) is 48.7 Å². The monoisotopic (exact) mass is 518 g/mol. The zero-order chi connectivity index (χ0) is 25.9. The van der Waals surface area contributed by atoms with Crippen molar-refractivity contribution in [3.05, 3.63) is 48.7 Å². The zero-order valence-corrected chi connectivity index (χ0v) is 23.0. The van der Waals surface area contributed by atoms with E-state index in [0.29, 0.717) is 17.9 Å². The van der Waals surface area contributed by atoms with E-state index in [1.54, 1.807) is 7.11 Å². The molecule has 0 aliphatic carbocycles. The summed E-state index contributed by atoms with van der Waals surface area (Å²) in [5.41, 5.74) is 2.53. The molecule has 3 aromatic heterocycles. The number of anilines is 5. The quantitative estimate of drug-likeness (QED) is 0.288. The maximum atomic E-state index is 5.66. The van der Waals surface area contributed by atoms with Crippen molar-refractivity contribution in [2.24, 2.45) is 0 Å². The first-order valence-corrected chi connectivity index (χ1v) is 14.8. The van der Waals surface area contributed by atoms with Gasteiger partial charge in [0.25, 0.3) is 0 Å². The number of para-hydroxylation sites is 1. The summed E-state index contributed by atoms with van der Waals surface area (Å²) in [6.45, 7) is 6.46. The third-order valence-electron chi connectivity index (χ3n) is 6.86. The van der Waals surface area contributed by atoms with Gasteiger partial charge in [-0.1, -0.05) is 26.1 Å². The van der Waals surface area contributed by atoms with Crippen molar-refractivity contribution in [3.63, 3.8) is 0 Å². The van der Waals surface area contributed by atoms with E-state index in [4.69, 9.17) is 19.7 Å². The maximum Gasteiger partial charge on any atom is 0.239 e.